The maximum absolute atomic E-state index is 12.8. The first-order valence-corrected chi connectivity index (χ1v) is 9.40. The summed E-state index contributed by atoms with van der Waals surface area (Å²) < 4.78 is 42.9. The third kappa shape index (κ3) is 5.14. The molecule has 31 heavy (non-hydrogen) atoms. The van der Waals surface area contributed by atoms with Crippen LogP contribution in [0, 0.1) is 0 Å². The van der Waals surface area contributed by atoms with E-state index in [0.29, 0.717) is 37.4 Å². The molecule has 164 valence electrons. The van der Waals surface area contributed by atoms with Crippen LogP contribution in [0.15, 0.2) is 48.5 Å². The Hall–Kier alpha value is -3.56. The van der Waals surface area contributed by atoms with Gasteiger partial charge in [0.1, 0.15) is 0 Å². The first-order valence-electron chi connectivity index (χ1n) is 9.40. The summed E-state index contributed by atoms with van der Waals surface area (Å²) in [5.74, 6) is -3.02. The van der Waals surface area contributed by atoms with Crippen molar-refractivity contribution in [1.82, 2.24) is 4.90 Å². The van der Waals surface area contributed by atoms with Crippen LogP contribution in [-0.2, 0) is 9.53 Å². The van der Waals surface area contributed by atoms with Crippen LogP contribution in [0.25, 0.3) is 0 Å². The number of halogens is 3. The zero-order chi connectivity index (χ0) is 22.6. The van der Waals surface area contributed by atoms with E-state index in [-0.39, 0.29) is 17.2 Å². The second kappa shape index (κ2) is 9.07. The summed E-state index contributed by atoms with van der Waals surface area (Å²) in [5, 5.41) is 1.83. The molecule has 2 aromatic carbocycles. The Morgan fingerprint density at radius 1 is 0.935 bits per heavy atom. The van der Waals surface area contributed by atoms with E-state index >= 15 is 0 Å². The van der Waals surface area contributed by atoms with Crippen LogP contribution in [0.4, 0.5) is 24.5 Å². The number of nitrogens with one attached hydrogen (secondary N) is 1. The highest BCUT2D eigenvalue weighted by atomic mass is 19.4. The number of esters is 1. The number of hydrogen-bond acceptors (Lipinski definition) is 5. The van der Waals surface area contributed by atoms with E-state index in [2.05, 4.69) is 4.74 Å². The molecule has 1 saturated heterocycles. The predicted octanol–water partition coefficient (Wildman–Crippen LogP) is 2.94. The lowest BCUT2D eigenvalue weighted by atomic mass is 10.1. The van der Waals surface area contributed by atoms with Crippen molar-refractivity contribution in [1.29, 1.82) is 0 Å². The van der Waals surface area contributed by atoms with Crippen LogP contribution in [0.2, 0.25) is 0 Å². The summed E-state index contributed by atoms with van der Waals surface area (Å²) in [6, 6.07) is 12.8. The van der Waals surface area contributed by atoms with E-state index in [0.717, 1.165) is 13.2 Å². The van der Waals surface area contributed by atoms with Crippen molar-refractivity contribution < 1.29 is 32.3 Å². The quantitative estimate of drug-likeness (QED) is 0.748. The number of rotatable bonds is 4. The van der Waals surface area contributed by atoms with Crippen molar-refractivity contribution >= 4 is 29.2 Å². The highest BCUT2D eigenvalue weighted by Crippen LogP contribution is 2.30. The normalized spacial score (nSPS) is 14.2. The van der Waals surface area contributed by atoms with Crippen molar-refractivity contribution in [3.8, 4) is 0 Å². The van der Waals surface area contributed by atoms with Crippen LogP contribution in [0.5, 0.6) is 0 Å². The van der Waals surface area contributed by atoms with Gasteiger partial charge in [0, 0.05) is 31.7 Å². The standard InChI is InChI=1S/C21H20F3N3O4/c1-31-19(29)15-7-8-17(16(13-15)25-20(30)21(22,23)24)26-9-11-27(12-10-26)18(28)14-5-3-2-4-6-14/h2-8,13H,9-12H2,1H3,(H,25,30). The Morgan fingerprint density at radius 3 is 2.16 bits per heavy atom. The highest BCUT2D eigenvalue weighted by molar-refractivity contribution is 6.00. The zero-order valence-corrected chi connectivity index (χ0v) is 16.6. The van der Waals surface area contributed by atoms with E-state index in [1.807, 2.05) is 11.4 Å². The summed E-state index contributed by atoms with van der Waals surface area (Å²) in [5.41, 5.74) is 0.711. The van der Waals surface area contributed by atoms with Crippen molar-refractivity contribution in [2.45, 2.75) is 6.18 Å². The molecule has 3 rings (SSSR count). The Morgan fingerprint density at radius 2 is 1.58 bits per heavy atom. The SMILES string of the molecule is COC(=O)c1ccc(N2CCN(C(=O)c3ccccc3)CC2)c(NC(=O)C(F)(F)F)c1. The molecule has 0 atom stereocenters. The lowest BCUT2D eigenvalue weighted by Crippen LogP contribution is -2.49. The zero-order valence-electron chi connectivity index (χ0n) is 16.6. The Kier molecular flexibility index (Phi) is 6.47. The smallest absolute Gasteiger partial charge is 0.465 e. The second-order valence-electron chi connectivity index (χ2n) is 6.82. The number of carbonyl (C=O) groups is 3. The summed E-state index contributed by atoms with van der Waals surface area (Å²) in [6.45, 7) is 1.37. The number of methoxy groups -OCH3 is 1. The van der Waals surface area contributed by atoms with Gasteiger partial charge in [0.25, 0.3) is 5.91 Å². The van der Waals surface area contributed by atoms with Gasteiger partial charge in [0.15, 0.2) is 0 Å². The van der Waals surface area contributed by atoms with Gasteiger partial charge >= 0.3 is 18.1 Å². The molecule has 1 fully saturated rings. The molecule has 2 amide bonds. The van der Waals surface area contributed by atoms with Gasteiger partial charge in [0.05, 0.1) is 24.0 Å². The summed E-state index contributed by atoms with van der Waals surface area (Å²) >= 11 is 0. The number of anilines is 2. The third-order valence-corrected chi connectivity index (χ3v) is 4.85. The maximum Gasteiger partial charge on any atom is 0.471 e. The summed E-state index contributed by atoms with van der Waals surface area (Å²) in [7, 11) is 1.15. The molecule has 0 saturated carbocycles. The van der Waals surface area contributed by atoms with Gasteiger partial charge in [-0.1, -0.05) is 18.2 Å². The molecule has 7 nitrogen and oxygen atoms in total. The highest BCUT2D eigenvalue weighted by Gasteiger charge is 2.39. The Bertz CT molecular complexity index is 972. The third-order valence-electron chi connectivity index (χ3n) is 4.85. The van der Waals surface area contributed by atoms with Crippen LogP contribution in [-0.4, -0.2) is 62.1 Å². The molecule has 0 radical (unpaired) electrons. The van der Waals surface area contributed by atoms with Gasteiger partial charge in [0.2, 0.25) is 0 Å². The number of benzene rings is 2. The van der Waals surface area contributed by atoms with Crippen LogP contribution < -0.4 is 10.2 Å². The molecule has 10 heteroatoms. The minimum absolute atomic E-state index is 0.00150. The van der Waals surface area contributed by atoms with Gasteiger partial charge in [-0.2, -0.15) is 13.2 Å². The Balaban J connectivity index is 1.79. The first-order chi connectivity index (χ1) is 14.7. The van der Waals surface area contributed by atoms with Crippen LogP contribution in [0.1, 0.15) is 20.7 Å². The minimum atomic E-state index is -5.08. The van der Waals surface area contributed by atoms with Crippen molar-refractivity contribution in [2.75, 3.05) is 43.5 Å². The van der Waals surface area contributed by atoms with Crippen molar-refractivity contribution in [3.05, 3.63) is 59.7 Å². The number of alkyl halides is 3. The summed E-state index contributed by atoms with van der Waals surface area (Å²) in [6.07, 6.45) is -5.08. The maximum atomic E-state index is 12.8. The minimum Gasteiger partial charge on any atom is -0.465 e. The van der Waals surface area contributed by atoms with Gasteiger partial charge in [-0.15, -0.1) is 0 Å². The molecule has 0 unspecified atom stereocenters. The van der Waals surface area contributed by atoms with Crippen molar-refractivity contribution in [2.24, 2.45) is 0 Å². The fourth-order valence-corrected chi connectivity index (χ4v) is 3.26. The topological polar surface area (TPSA) is 79.0 Å². The Labute approximate surface area is 176 Å². The van der Waals surface area contributed by atoms with E-state index in [1.165, 1.54) is 12.1 Å². The predicted molar refractivity (Wildman–Crippen MR) is 107 cm³/mol. The van der Waals surface area contributed by atoms with Gasteiger partial charge in [-0.05, 0) is 30.3 Å². The average molecular weight is 435 g/mol. The lowest BCUT2D eigenvalue weighted by molar-refractivity contribution is -0.167. The number of nitrogens with zero attached hydrogens (tertiary/aromatic N) is 2. The molecule has 1 N–H and O–H groups in total. The van der Waals surface area contributed by atoms with Gasteiger partial charge in [-0.3, -0.25) is 9.59 Å². The van der Waals surface area contributed by atoms with E-state index in [4.69, 9.17) is 0 Å². The largest absolute Gasteiger partial charge is 0.471 e. The monoisotopic (exact) mass is 435 g/mol. The molecule has 2 aromatic rings. The van der Waals surface area contributed by atoms with Crippen LogP contribution in [0.3, 0.4) is 0 Å². The summed E-state index contributed by atoms with van der Waals surface area (Å²) in [4.78, 5) is 39.3. The molecule has 0 bridgehead atoms. The molecule has 0 aliphatic carbocycles. The number of piperazine rings is 1. The van der Waals surface area contributed by atoms with Gasteiger partial charge in [-0.25, -0.2) is 4.79 Å². The molecular formula is C21H20F3N3O4. The molecule has 1 aliphatic rings. The fraction of sp³-hybridized carbons (Fsp3) is 0.286. The van der Waals surface area contributed by atoms with E-state index in [9.17, 15) is 27.6 Å². The molecule has 1 aliphatic heterocycles. The van der Waals surface area contributed by atoms with E-state index in [1.54, 1.807) is 34.1 Å². The number of ether oxygens (including phenoxy) is 1. The molecule has 0 spiro atoms. The average Bonchev–Trinajstić information content (AvgIpc) is 2.78. The lowest BCUT2D eigenvalue weighted by Gasteiger charge is -2.37. The number of amides is 2. The molecule has 1 heterocycles. The second-order valence-corrected chi connectivity index (χ2v) is 6.82. The fourth-order valence-electron chi connectivity index (χ4n) is 3.26. The van der Waals surface area contributed by atoms with Crippen molar-refractivity contribution in [3.63, 3.8) is 0 Å². The first kappa shape index (κ1) is 22.1. The van der Waals surface area contributed by atoms with Gasteiger partial charge < -0.3 is 19.9 Å². The van der Waals surface area contributed by atoms with E-state index < -0.39 is 18.1 Å². The number of carbonyl (C=O) groups excluding carboxylic acids is 3. The van der Waals surface area contributed by atoms with Crippen LogP contribution >= 0.6 is 0 Å². The molecular weight excluding hydrogens is 415 g/mol. The molecule has 0 aromatic heterocycles. The number of hydrogen-bond donors (Lipinski definition) is 1.